The highest BCUT2D eigenvalue weighted by atomic mass is 19.1. The molecule has 110 valence electrons. The molecule has 0 saturated carbocycles. The van der Waals surface area contributed by atoms with Crippen molar-refractivity contribution in [3.63, 3.8) is 0 Å². The van der Waals surface area contributed by atoms with Crippen molar-refractivity contribution in [3.05, 3.63) is 59.3 Å². The van der Waals surface area contributed by atoms with Gasteiger partial charge < -0.3 is 10.3 Å². The predicted octanol–water partition coefficient (Wildman–Crippen LogP) is 1.92. The highest BCUT2D eigenvalue weighted by Gasteiger charge is 2.19. The van der Waals surface area contributed by atoms with E-state index in [-0.39, 0.29) is 17.9 Å². The molecule has 0 unspecified atom stereocenters. The number of nitrogens with two attached hydrogens (primary N) is 1. The first-order valence-corrected chi connectivity index (χ1v) is 6.14. The van der Waals surface area contributed by atoms with Gasteiger partial charge in [-0.2, -0.15) is 0 Å². The molecular weight excluding hydrogens is 278 g/mol. The van der Waals surface area contributed by atoms with Crippen LogP contribution in [0.25, 0.3) is 0 Å². The number of aromatic nitrogens is 1. The number of hydrogen-bond donors (Lipinski definition) is 2. The number of amides is 1. The van der Waals surface area contributed by atoms with E-state index in [4.69, 9.17) is 5.84 Å². The SMILES string of the molecule is CN(Cc1cccc(F)c1)C(=O)c1ccnc(NN)c1F. The molecule has 0 aliphatic heterocycles. The Morgan fingerprint density at radius 2 is 2.14 bits per heavy atom. The largest absolute Gasteiger partial charge is 0.337 e. The van der Waals surface area contributed by atoms with Crippen molar-refractivity contribution in [3.8, 4) is 0 Å². The Kier molecular flexibility index (Phi) is 4.44. The second-order valence-electron chi connectivity index (χ2n) is 4.46. The standard InChI is InChI=1S/C14H14F2N4O/c1-20(8-9-3-2-4-10(15)7-9)14(21)11-5-6-18-13(19-17)12(11)16/h2-7H,8,17H2,1H3,(H,18,19). The molecule has 0 saturated heterocycles. The Morgan fingerprint density at radius 3 is 2.81 bits per heavy atom. The number of rotatable bonds is 4. The van der Waals surface area contributed by atoms with Gasteiger partial charge in [0, 0.05) is 19.8 Å². The number of benzene rings is 1. The van der Waals surface area contributed by atoms with Gasteiger partial charge >= 0.3 is 0 Å². The Bertz CT molecular complexity index is 663. The third-order valence-corrected chi connectivity index (χ3v) is 2.91. The third kappa shape index (κ3) is 3.32. The molecule has 0 radical (unpaired) electrons. The molecule has 5 nitrogen and oxygen atoms in total. The Balaban J connectivity index is 2.20. The molecule has 0 bridgehead atoms. The molecule has 1 aromatic heterocycles. The second kappa shape index (κ2) is 6.27. The van der Waals surface area contributed by atoms with Crippen LogP contribution in [0, 0.1) is 11.6 Å². The summed E-state index contributed by atoms with van der Waals surface area (Å²) in [6, 6.07) is 7.13. The fourth-order valence-electron chi connectivity index (χ4n) is 1.90. The summed E-state index contributed by atoms with van der Waals surface area (Å²) in [5.74, 6) is 3.15. The lowest BCUT2D eigenvalue weighted by Gasteiger charge is -2.18. The van der Waals surface area contributed by atoms with E-state index in [0.29, 0.717) is 5.56 Å². The van der Waals surface area contributed by atoms with E-state index in [0.717, 1.165) is 0 Å². The Hall–Kier alpha value is -2.54. The number of anilines is 1. The summed E-state index contributed by atoms with van der Waals surface area (Å²) in [6.45, 7) is 0.156. The van der Waals surface area contributed by atoms with Crippen LogP contribution in [0.15, 0.2) is 36.5 Å². The summed E-state index contributed by atoms with van der Waals surface area (Å²) >= 11 is 0. The molecule has 0 aliphatic rings. The molecule has 0 aliphatic carbocycles. The molecular formula is C14H14F2N4O. The first-order chi connectivity index (χ1) is 10.0. The van der Waals surface area contributed by atoms with E-state index in [9.17, 15) is 13.6 Å². The average Bonchev–Trinajstić information content (AvgIpc) is 2.47. The normalized spacial score (nSPS) is 10.3. The molecule has 7 heteroatoms. The average molecular weight is 292 g/mol. The van der Waals surface area contributed by atoms with E-state index < -0.39 is 17.5 Å². The topological polar surface area (TPSA) is 71.2 Å². The molecule has 1 amide bonds. The summed E-state index contributed by atoms with van der Waals surface area (Å²) in [6.07, 6.45) is 1.28. The minimum absolute atomic E-state index is 0.156. The molecule has 2 rings (SSSR count). The fraction of sp³-hybridized carbons (Fsp3) is 0.143. The lowest BCUT2D eigenvalue weighted by atomic mass is 10.1. The van der Waals surface area contributed by atoms with Gasteiger partial charge in [0.05, 0.1) is 5.56 Å². The third-order valence-electron chi connectivity index (χ3n) is 2.91. The number of carbonyl (C=O) groups is 1. The van der Waals surface area contributed by atoms with Crippen LogP contribution < -0.4 is 11.3 Å². The van der Waals surface area contributed by atoms with Crippen LogP contribution in [0.1, 0.15) is 15.9 Å². The number of halogens is 2. The maximum Gasteiger partial charge on any atom is 0.257 e. The van der Waals surface area contributed by atoms with Crippen LogP contribution in [0.3, 0.4) is 0 Å². The quantitative estimate of drug-likeness (QED) is 0.667. The minimum atomic E-state index is -0.823. The summed E-state index contributed by atoms with van der Waals surface area (Å²) in [5.41, 5.74) is 2.53. The maximum absolute atomic E-state index is 14.0. The van der Waals surface area contributed by atoms with Crippen LogP contribution in [0.2, 0.25) is 0 Å². The van der Waals surface area contributed by atoms with E-state index >= 15 is 0 Å². The van der Waals surface area contributed by atoms with Gasteiger partial charge in [0.25, 0.3) is 5.91 Å². The van der Waals surface area contributed by atoms with Gasteiger partial charge in [0.2, 0.25) is 0 Å². The highest BCUT2D eigenvalue weighted by molar-refractivity contribution is 5.95. The number of hydrogen-bond acceptors (Lipinski definition) is 4. The van der Waals surface area contributed by atoms with Gasteiger partial charge in [-0.15, -0.1) is 0 Å². The maximum atomic E-state index is 14.0. The molecule has 0 spiro atoms. The van der Waals surface area contributed by atoms with Crippen LogP contribution in [0.5, 0.6) is 0 Å². The molecule has 0 fully saturated rings. The lowest BCUT2D eigenvalue weighted by Crippen LogP contribution is -2.27. The van der Waals surface area contributed by atoms with Crippen molar-refractivity contribution >= 4 is 11.7 Å². The number of pyridine rings is 1. The summed E-state index contributed by atoms with van der Waals surface area (Å²) in [4.78, 5) is 17.2. The number of nitrogen functional groups attached to an aromatic ring is 1. The fourth-order valence-corrected chi connectivity index (χ4v) is 1.90. The van der Waals surface area contributed by atoms with Crippen LogP contribution in [-0.2, 0) is 6.54 Å². The van der Waals surface area contributed by atoms with Crippen molar-refractivity contribution < 1.29 is 13.6 Å². The second-order valence-corrected chi connectivity index (χ2v) is 4.46. The number of nitrogens with one attached hydrogen (secondary N) is 1. The smallest absolute Gasteiger partial charge is 0.257 e. The molecule has 1 aromatic carbocycles. The first-order valence-electron chi connectivity index (χ1n) is 6.14. The molecule has 3 N–H and O–H groups in total. The van der Waals surface area contributed by atoms with Gasteiger partial charge in [0.1, 0.15) is 5.82 Å². The van der Waals surface area contributed by atoms with Crippen molar-refractivity contribution in [2.75, 3.05) is 12.5 Å². The van der Waals surface area contributed by atoms with Crippen molar-refractivity contribution in [1.82, 2.24) is 9.88 Å². The Labute approximate surface area is 120 Å². The number of carbonyl (C=O) groups excluding carboxylic acids is 1. The van der Waals surface area contributed by atoms with Gasteiger partial charge in [-0.05, 0) is 23.8 Å². The Morgan fingerprint density at radius 1 is 1.38 bits per heavy atom. The zero-order valence-corrected chi connectivity index (χ0v) is 11.3. The highest BCUT2D eigenvalue weighted by Crippen LogP contribution is 2.16. The summed E-state index contributed by atoms with van der Waals surface area (Å²) in [5, 5.41) is 0. The summed E-state index contributed by atoms with van der Waals surface area (Å²) < 4.78 is 27.1. The van der Waals surface area contributed by atoms with Gasteiger partial charge in [0.15, 0.2) is 11.6 Å². The monoisotopic (exact) mass is 292 g/mol. The number of hydrazine groups is 1. The molecule has 0 atom stereocenters. The molecule has 2 aromatic rings. The van der Waals surface area contributed by atoms with Crippen molar-refractivity contribution in [2.45, 2.75) is 6.54 Å². The van der Waals surface area contributed by atoms with Gasteiger partial charge in [-0.3, -0.25) is 4.79 Å². The van der Waals surface area contributed by atoms with Crippen LogP contribution >= 0.6 is 0 Å². The van der Waals surface area contributed by atoms with Gasteiger partial charge in [-0.25, -0.2) is 19.6 Å². The summed E-state index contributed by atoms with van der Waals surface area (Å²) in [7, 11) is 1.50. The molecule has 21 heavy (non-hydrogen) atoms. The predicted molar refractivity (Wildman–Crippen MR) is 74.2 cm³/mol. The molecule has 1 heterocycles. The van der Waals surface area contributed by atoms with Crippen molar-refractivity contribution in [2.24, 2.45) is 5.84 Å². The van der Waals surface area contributed by atoms with Crippen LogP contribution in [-0.4, -0.2) is 22.8 Å². The zero-order chi connectivity index (χ0) is 15.4. The zero-order valence-electron chi connectivity index (χ0n) is 11.3. The van der Waals surface area contributed by atoms with E-state index in [1.807, 2.05) is 0 Å². The van der Waals surface area contributed by atoms with Gasteiger partial charge in [-0.1, -0.05) is 12.1 Å². The van der Waals surface area contributed by atoms with E-state index in [1.54, 1.807) is 12.1 Å². The minimum Gasteiger partial charge on any atom is -0.337 e. The first kappa shape index (κ1) is 14.9. The van der Waals surface area contributed by atoms with E-state index in [2.05, 4.69) is 10.4 Å². The number of nitrogens with zero attached hydrogens (tertiary/aromatic N) is 2. The van der Waals surface area contributed by atoms with Crippen LogP contribution in [0.4, 0.5) is 14.6 Å². The van der Waals surface area contributed by atoms with Crippen molar-refractivity contribution in [1.29, 1.82) is 0 Å². The lowest BCUT2D eigenvalue weighted by molar-refractivity contribution is 0.0780. The van der Waals surface area contributed by atoms with E-state index in [1.165, 1.54) is 36.3 Å².